The maximum Gasteiger partial charge on any atom is 0.310 e. The van der Waals surface area contributed by atoms with E-state index < -0.39 is 0 Å². The van der Waals surface area contributed by atoms with Crippen LogP contribution in [0.1, 0.15) is 12.8 Å². The van der Waals surface area contributed by atoms with Crippen LogP contribution in [0.25, 0.3) is 0 Å². The van der Waals surface area contributed by atoms with Crippen LogP contribution in [-0.2, 0) is 14.3 Å². The Kier molecular flexibility index (Phi) is 3.86. The molecular weight excluding hydrogens is 366 g/mol. The highest BCUT2D eigenvalue weighted by molar-refractivity contribution is 6.30. The van der Waals surface area contributed by atoms with Crippen LogP contribution in [0.3, 0.4) is 0 Å². The molecule has 27 heavy (non-hydrogen) atoms. The highest BCUT2D eigenvalue weighted by atomic mass is 35.5. The molecule has 0 unspecified atom stereocenters. The van der Waals surface area contributed by atoms with Crippen LogP contribution in [0.2, 0.25) is 5.02 Å². The first-order chi connectivity index (χ1) is 13.1. The molecule has 2 bridgehead atoms. The van der Waals surface area contributed by atoms with Gasteiger partial charge in [-0.05, 0) is 67.3 Å². The Bertz CT molecular complexity index is 893. The fourth-order valence-electron chi connectivity index (χ4n) is 4.83. The molecule has 0 radical (unpaired) electrons. The van der Waals surface area contributed by atoms with Crippen molar-refractivity contribution in [2.75, 3.05) is 5.32 Å². The summed E-state index contributed by atoms with van der Waals surface area (Å²) in [5.74, 6) is 1.02. The average molecular weight is 384 g/mol. The molecule has 3 aliphatic rings. The number of anilines is 1. The van der Waals surface area contributed by atoms with Crippen LogP contribution in [0.5, 0.6) is 11.5 Å². The Morgan fingerprint density at radius 1 is 1.04 bits per heavy atom. The van der Waals surface area contributed by atoms with E-state index >= 15 is 0 Å². The fraction of sp³-hybridized carbons (Fsp3) is 0.333. The summed E-state index contributed by atoms with van der Waals surface area (Å²) in [7, 11) is 0. The number of halogens is 1. The van der Waals surface area contributed by atoms with Gasteiger partial charge in [-0.3, -0.25) is 9.59 Å². The van der Waals surface area contributed by atoms with Crippen LogP contribution in [0.4, 0.5) is 5.69 Å². The zero-order valence-electron chi connectivity index (χ0n) is 14.4. The van der Waals surface area contributed by atoms with E-state index in [2.05, 4.69) is 5.32 Å². The van der Waals surface area contributed by atoms with Crippen molar-refractivity contribution in [3.63, 3.8) is 0 Å². The topological polar surface area (TPSA) is 64.6 Å². The summed E-state index contributed by atoms with van der Waals surface area (Å²) in [6.45, 7) is 0. The highest BCUT2D eigenvalue weighted by Crippen LogP contribution is 2.57. The van der Waals surface area contributed by atoms with Crippen molar-refractivity contribution in [3.05, 3.63) is 53.6 Å². The molecule has 2 aliphatic carbocycles. The van der Waals surface area contributed by atoms with Gasteiger partial charge in [0.15, 0.2) is 0 Å². The minimum atomic E-state index is -0.272. The molecule has 3 fully saturated rings. The summed E-state index contributed by atoms with van der Waals surface area (Å²) in [6, 6.07) is 14.3. The quantitative estimate of drug-likeness (QED) is 0.801. The first-order valence-electron chi connectivity index (χ1n) is 9.13. The minimum Gasteiger partial charge on any atom is -0.462 e. The molecule has 2 aromatic carbocycles. The van der Waals surface area contributed by atoms with Gasteiger partial charge in [-0.15, -0.1) is 0 Å². The molecular formula is C21H18ClNO4. The monoisotopic (exact) mass is 383 g/mol. The summed E-state index contributed by atoms with van der Waals surface area (Å²) in [4.78, 5) is 24.9. The number of nitrogens with one attached hydrogen (secondary N) is 1. The number of rotatable bonds is 4. The number of carbonyl (C=O) groups excluding carboxylic acids is 2. The van der Waals surface area contributed by atoms with Crippen LogP contribution in [0, 0.1) is 23.7 Å². The molecule has 0 spiro atoms. The van der Waals surface area contributed by atoms with Crippen molar-refractivity contribution in [3.8, 4) is 11.5 Å². The van der Waals surface area contributed by atoms with E-state index in [1.165, 1.54) is 0 Å². The molecule has 2 saturated carbocycles. The maximum absolute atomic E-state index is 12.8. The lowest BCUT2D eigenvalue weighted by Gasteiger charge is -2.23. The van der Waals surface area contributed by atoms with Gasteiger partial charge in [0, 0.05) is 16.6 Å². The van der Waals surface area contributed by atoms with Gasteiger partial charge >= 0.3 is 5.97 Å². The van der Waals surface area contributed by atoms with Gasteiger partial charge in [0.05, 0.1) is 11.8 Å². The van der Waals surface area contributed by atoms with Gasteiger partial charge in [0.1, 0.15) is 17.6 Å². The maximum atomic E-state index is 12.8. The molecule has 5 rings (SSSR count). The Labute approximate surface area is 161 Å². The van der Waals surface area contributed by atoms with Gasteiger partial charge in [0.2, 0.25) is 5.91 Å². The van der Waals surface area contributed by atoms with E-state index in [0.717, 1.165) is 12.8 Å². The number of esters is 1. The van der Waals surface area contributed by atoms with Gasteiger partial charge < -0.3 is 14.8 Å². The van der Waals surface area contributed by atoms with Crippen molar-refractivity contribution in [2.24, 2.45) is 23.7 Å². The molecule has 1 amide bonds. The lowest BCUT2D eigenvalue weighted by Crippen LogP contribution is -2.35. The first kappa shape index (κ1) is 16.6. The Morgan fingerprint density at radius 2 is 1.70 bits per heavy atom. The number of ether oxygens (including phenoxy) is 2. The van der Waals surface area contributed by atoms with Gasteiger partial charge in [0.25, 0.3) is 0 Å². The second-order valence-corrected chi connectivity index (χ2v) is 7.93. The van der Waals surface area contributed by atoms with Gasteiger partial charge in [-0.2, -0.15) is 0 Å². The molecule has 5 nitrogen and oxygen atoms in total. The van der Waals surface area contributed by atoms with Crippen LogP contribution < -0.4 is 10.1 Å². The van der Waals surface area contributed by atoms with E-state index in [-0.39, 0.29) is 41.7 Å². The van der Waals surface area contributed by atoms with Crippen molar-refractivity contribution in [2.45, 2.75) is 18.9 Å². The highest BCUT2D eigenvalue weighted by Gasteiger charge is 2.63. The normalized spacial score (nSPS) is 30.3. The third-order valence-corrected chi connectivity index (χ3v) is 6.21. The third kappa shape index (κ3) is 2.86. The van der Waals surface area contributed by atoms with E-state index in [1.54, 1.807) is 48.5 Å². The second kappa shape index (κ2) is 6.27. The van der Waals surface area contributed by atoms with Crippen molar-refractivity contribution in [1.29, 1.82) is 0 Å². The van der Waals surface area contributed by atoms with E-state index in [0.29, 0.717) is 22.2 Å². The Morgan fingerprint density at radius 3 is 2.41 bits per heavy atom. The lowest BCUT2D eigenvalue weighted by atomic mass is 9.79. The molecule has 1 saturated heterocycles. The summed E-state index contributed by atoms with van der Waals surface area (Å²) in [6.07, 6.45) is 1.78. The second-order valence-electron chi connectivity index (χ2n) is 7.49. The van der Waals surface area contributed by atoms with Gasteiger partial charge in [-0.1, -0.05) is 11.6 Å². The molecule has 6 heteroatoms. The molecule has 1 aliphatic heterocycles. The number of fused-ring (bicyclic) bond motifs is 1. The third-order valence-electron chi connectivity index (χ3n) is 5.96. The van der Waals surface area contributed by atoms with Crippen molar-refractivity contribution in [1.82, 2.24) is 0 Å². The summed E-state index contributed by atoms with van der Waals surface area (Å²) >= 11 is 5.87. The van der Waals surface area contributed by atoms with E-state index in [1.807, 2.05) is 0 Å². The predicted molar refractivity (Wildman–Crippen MR) is 99.7 cm³/mol. The molecule has 0 aromatic heterocycles. The Balaban J connectivity index is 1.25. The van der Waals surface area contributed by atoms with Crippen LogP contribution >= 0.6 is 11.6 Å². The average Bonchev–Trinajstić information content (AvgIpc) is 3.27. The lowest BCUT2D eigenvalue weighted by molar-refractivity contribution is -0.145. The van der Waals surface area contributed by atoms with Crippen LogP contribution in [0.15, 0.2) is 48.5 Å². The number of hydrogen-bond donors (Lipinski definition) is 1. The predicted octanol–water partition coefficient (Wildman–Crippen LogP) is 4.27. The smallest absolute Gasteiger partial charge is 0.310 e. The molecule has 138 valence electrons. The molecule has 1 N–H and O–H groups in total. The van der Waals surface area contributed by atoms with Crippen LogP contribution in [-0.4, -0.2) is 18.0 Å². The van der Waals surface area contributed by atoms with Crippen molar-refractivity contribution >= 4 is 29.2 Å². The standard InChI is InChI=1S/C21H18ClNO4/c22-12-1-5-14(6-2-12)26-15-7-3-13(4-8-15)23-20(24)18-11-9-16-17(10-11)27-21(25)19(16)18/h1-8,11,16-19H,9-10H2,(H,23,24)/t11-,16+,17+,18-,19-/m1/s1. The molecule has 2 aromatic rings. The first-order valence-corrected chi connectivity index (χ1v) is 9.51. The SMILES string of the molecule is O=C(Nc1ccc(Oc2ccc(Cl)cc2)cc1)[C@@H]1[C@@H]2C[C@@H]3[C@H]1C(=O)O[C@H]3C2. The summed E-state index contributed by atoms with van der Waals surface area (Å²) in [5.41, 5.74) is 0.689. The van der Waals surface area contributed by atoms with Crippen molar-refractivity contribution < 1.29 is 19.1 Å². The Hall–Kier alpha value is -2.53. The zero-order chi connectivity index (χ0) is 18.5. The molecule has 1 heterocycles. The largest absolute Gasteiger partial charge is 0.462 e. The fourth-order valence-corrected chi connectivity index (χ4v) is 4.96. The number of hydrogen-bond acceptors (Lipinski definition) is 4. The van der Waals surface area contributed by atoms with Gasteiger partial charge in [-0.25, -0.2) is 0 Å². The van der Waals surface area contributed by atoms with E-state index in [4.69, 9.17) is 21.1 Å². The number of benzene rings is 2. The summed E-state index contributed by atoms with van der Waals surface area (Å²) in [5, 5.41) is 3.60. The number of carbonyl (C=O) groups is 2. The zero-order valence-corrected chi connectivity index (χ0v) is 15.2. The molecule has 5 atom stereocenters. The minimum absolute atomic E-state index is 0.0425. The summed E-state index contributed by atoms with van der Waals surface area (Å²) < 4.78 is 11.2. The van der Waals surface area contributed by atoms with E-state index in [9.17, 15) is 9.59 Å². The number of amides is 1.